The second-order valence-corrected chi connectivity index (χ2v) is 6.45. The molecule has 18 heavy (non-hydrogen) atoms. The van der Waals surface area contributed by atoms with Gasteiger partial charge in [0.1, 0.15) is 5.82 Å². The first-order chi connectivity index (χ1) is 8.63. The Hall–Kier alpha value is -0.230. The van der Waals surface area contributed by atoms with Crippen molar-refractivity contribution in [1.29, 1.82) is 0 Å². The van der Waals surface area contributed by atoms with Gasteiger partial charge in [-0.1, -0.05) is 13.0 Å². The van der Waals surface area contributed by atoms with E-state index >= 15 is 0 Å². The lowest BCUT2D eigenvalue weighted by Gasteiger charge is -2.18. The zero-order valence-corrected chi connectivity index (χ0v) is 13.7. The molecule has 2 rings (SSSR count). The summed E-state index contributed by atoms with van der Waals surface area (Å²) in [5.74, 6) is -0.237. The number of thiophene rings is 1. The van der Waals surface area contributed by atoms with Crippen LogP contribution in [0.5, 0.6) is 0 Å². The Balaban J connectivity index is 2.41. The molecule has 5 heteroatoms. The first-order valence-corrected chi connectivity index (χ1v) is 8.01. The van der Waals surface area contributed by atoms with Gasteiger partial charge in [-0.05, 0) is 67.5 Å². The summed E-state index contributed by atoms with van der Waals surface area (Å²) in [7, 11) is 0. The molecule has 0 aliphatic rings. The number of halogens is 3. The van der Waals surface area contributed by atoms with E-state index in [4.69, 9.17) is 0 Å². The van der Waals surface area contributed by atoms with Crippen LogP contribution in [0.2, 0.25) is 0 Å². The van der Waals surface area contributed by atoms with E-state index < -0.39 is 0 Å². The molecule has 0 spiro atoms. The summed E-state index contributed by atoms with van der Waals surface area (Å²) < 4.78 is 14.9. The quantitative estimate of drug-likeness (QED) is 0.762. The van der Waals surface area contributed by atoms with E-state index in [1.807, 2.05) is 23.6 Å². The predicted molar refractivity (Wildman–Crippen MR) is 81.6 cm³/mol. The Morgan fingerprint density at radius 2 is 2.06 bits per heavy atom. The average molecular weight is 393 g/mol. The number of hydrogen-bond acceptors (Lipinski definition) is 2. The molecule has 0 aliphatic carbocycles. The van der Waals surface area contributed by atoms with Crippen molar-refractivity contribution in [2.75, 3.05) is 6.54 Å². The van der Waals surface area contributed by atoms with E-state index in [2.05, 4.69) is 44.1 Å². The highest BCUT2D eigenvalue weighted by Crippen LogP contribution is 2.34. The van der Waals surface area contributed by atoms with Gasteiger partial charge in [-0.25, -0.2) is 4.39 Å². The second-order valence-electron chi connectivity index (χ2n) is 3.80. The van der Waals surface area contributed by atoms with E-state index in [0.717, 1.165) is 16.6 Å². The topological polar surface area (TPSA) is 12.0 Å². The van der Waals surface area contributed by atoms with Gasteiger partial charge >= 0.3 is 0 Å². The number of nitrogens with one attached hydrogen (secondary N) is 1. The summed E-state index contributed by atoms with van der Waals surface area (Å²) >= 11 is 8.47. The van der Waals surface area contributed by atoms with Gasteiger partial charge in [-0.2, -0.15) is 0 Å². The standard InChI is InChI=1S/C13H12Br2FNS/c1-2-17-12(13-9(14)5-6-18-13)8-3-4-11(16)10(15)7-8/h3-7,12,17H,2H2,1H3. The van der Waals surface area contributed by atoms with Crippen molar-refractivity contribution in [3.63, 3.8) is 0 Å². The van der Waals surface area contributed by atoms with Gasteiger partial charge in [0.2, 0.25) is 0 Å². The highest BCUT2D eigenvalue weighted by Gasteiger charge is 2.18. The minimum Gasteiger partial charge on any atom is -0.306 e. The van der Waals surface area contributed by atoms with Gasteiger partial charge in [0.05, 0.1) is 10.5 Å². The molecule has 96 valence electrons. The van der Waals surface area contributed by atoms with Gasteiger partial charge < -0.3 is 5.32 Å². The first-order valence-electron chi connectivity index (χ1n) is 5.54. The van der Waals surface area contributed by atoms with Gasteiger partial charge in [0.25, 0.3) is 0 Å². The normalized spacial score (nSPS) is 12.7. The Labute approximate surface area is 127 Å². The second kappa shape index (κ2) is 6.28. The Morgan fingerprint density at radius 3 is 2.61 bits per heavy atom. The molecule has 1 aromatic heterocycles. The molecule has 1 unspecified atom stereocenters. The smallest absolute Gasteiger partial charge is 0.137 e. The third-order valence-corrected chi connectivity index (χ3v) is 5.14. The lowest BCUT2D eigenvalue weighted by atomic mass is 10.1. The molecular weight excluding hydrogens is 381 g/mol. The third-order valence-electron chi connectivity index (χ3n) is 2.59. The van der Waals surface area contributed by atoms with Crippen LogP contribution >= 0.6 is 43.2 Å². The lowest BCUT2D eigenvalue weighted by molar-refractivity contribution is 0.611. The highest BCUT2D eigenvalue weighted by atomic mass is 79.9. The summed E-state index contributed by atoms with van der Waals surface area (Å²) in [5, 5.41) is 5.47. The van der Waals surface area contributed by atoms with Crippen LogP contribution in [-0.4, -0.2) is 6.54 Å². The van der Waals surface area contributed by atoms with Gasteiger partial charge in [0.15, 0.2) is 0 Å². The van der Waals surface area contributed by atoms with Crippen molar-refractivity contribution < 1.29 is 4.39 Å². The van der Waals surface area contributed by atoms with E-state index in [-0.39, 0.29) is 11.9 Å². The molecule has 0 aliphatic heterocycles. The van der Waals surface area contributed by atoms with Crippen LogP contribution in [0.25, 0.3) is 0 Å². The third kappa shape index (κ3) is 3.02. The Bertz CT molecular complexity index is 542. The molecule has 0 saturated heterocycles. The van der Waals surface area contributed by atoms with Gasteiger partial charge in [-0.15, -0.1) is 11.3 Å². The van der Waals surface area contributed by atoms with Crippen molar-refractivity contribution in [2.45, 2.75) is 13.0 Å². The molecule has 0 amide bonds. The first kappa shape index (κ1) is 14.2. The number of benzene rings is 1. The van der Waals surface area contributed by atoms with Crippen LogP contribution in [0.15, 0.2) is 38.6 Å². The molecule has 1 aromatic carbocycles. The van der Waals surface area contributed by atoms with E-state index in [1.54, 1.807) is 11.3 Å². The molecule has 1 N–H and O–H groups in total. The fourth-order valence-electron chi connectivity index (χ4n) is 1.77. The monoisotopic (exact) mass is 391 g/mol. The summed E-state index contributed by atoms with van der Waals surface area (Å²) in [6, 6.07) is 7.25. The molecule has 0 saturated carbocycles. The zero-order valence-electron chi connectivity index (χ0n) is 9.71. The van der Waals surface area contributed by atoms with Crippen molar-refractivity contribution in [3.8, 4) is 0 Å². The summed E-state index contributed by atoms with van der Waals surface area (Å²) in [4.78, 5) is 1.20. The minimum absolute atomic E-state index is 0.0845. The fraction of sp³-hybridized carbons (Fsp3) is 0.231. The van der Waals surface area contributed by atoms with E-state index in [0.29, 0.717) is 4.47 Å². The molecule has 1 heterocycles. The molecule has 1 nitrogen and oxygen atoms in total. The molecule has 0 bridgehead atoms. The average Bonchev–Trinajstić information content (AvgIpc) is 2.76. The molecule has 2 aromatic rings. The van der Waals surface area contributed by atoms with Crippen LogP contribution in [0.4, 0.5) is 4.39 Å². The van der Waals surface area contributed by atoms with Crippen LogP contribution in [-0.2, 0) is 0 Å². The minimum atomic E-state index is -0.237. The van der Waals surface area contributed by atoms with Crippen LogP contribution in [0.1, 0.15) is 23.4 Å². The lowest BCUT2D eigenvalue weighted by Crippen LogP contribution is -2.21. The summed E-state index contributed by atoms with van der Waals surface area (Å²) in [6.45, 7) is 2.91. The maximum absolute atomic E-state index is 13.3. The van der Waals surface area contributed by atoms with Crippen molar-refractivity contribution >= 4 is 43.2 Å². The van der Waals surface area contributed by atoms with Crippen LogP contribution in [0.3, 0.4) is 0 Å². The SMILES string of the molecule is CCNC(c1ccc(F)c(Br)c1)c1sccc1Br. The highest BCUT2D eigenvalue weighted by molar-refractivity contribution is 9.10. The fourth-order valence-corrected chi connectivity index (χ4v) is 3.87. The Morgan fingerprint density at radius 1 is 1.28 bits per heavy atom. The largest absolute Gasteiger partial charge is 0.306 e. The number of hydrogen-bond donors (Lipinski definition) is 1. The van der Waals surface area contributed by atoms with E-state index in [1.165, 1.54) is 10.9 Å². The molecular formula is C13H12Br2FNS. The van der Waals surface area contributed by atoms with Crippen LogP contribution in [0, 0.1) is 5.82 Å². The molecule has 1 atom stereocenters. The maximum atomic E-state index is 13.3. The van der Waals surface area contributed by atoms with Gasteiger partial charge in [-0.3, -0.25) is 0 Å². The predicted octanol–water partition coefficient (Wildman–Crippen LogP) is 5.11. The molecule has 0 fully saturated rings. The summed E-state index contributed by atoms with van der Waals surface area (Å²) in [6.07, 6.45) is 0. The Kier molecular flexibility index (Phi) is 4.95. The van der Waals surface area contributed by atoms with Crippen molar-refractivity contribution in [1.82, 2.24) is 5.32 Å². The van der Waals surface area contributed by atoms with Crippen molar-refractivity contribution in [2.24, 2.45) is 0 Å². The van der Waals surface area contributed by atoms with E-state index in [9.17, 15) is 4.39 Å². The summed E-state index contributed by atoms with van der Waals surface area (Å²) in [5.41, 5.74) is 1.05. The number of rotatable bonds is 4. The maximum Gasteiger partial charge on any atom is 0.137 e. The van der Waals surface area contributed by atoms with Crippen molar-refractivity contribution in [3.05, 3.63) is 54.8 Å². The zero-order chi connectivity index (χ0) is 13.1. The van der Waals surface area contributed by atoms with Crippen LogP contribution < -0.4 is 5.32 Å². The van der Waals surface area contributed by atoms with Gasteiger partial charge in [0, 0.05) is 9.35 Å². The molecule has 0 radical (unpaired) electrons.